The van der Waals surface area contributed by atoms with E-state index in [2.05, 4.69) is 5.32 Å². The van der Waals surface area contributed by atoms with Gasteiger partial charge in [-0.2, -0.15) is 0 Å². The van der Waals surface area contributed by atoms with Gasteiger partial charge >= 0.3 is 6.03 Å². The monoisotopic (exact) mass is 344 g/mol. The molecule has 134 valence electrons. The van der Waals surface area contributed by atoms with E-state index in [0.29, 0.717) is 26.3 Å². The largest absolute Gasteiger partial charge is 0.467 e. The van der Waals surface area contributed by atoms with Crippen molar-refractivity contribution in [1.82, 2.24) is 4.90 Å². The number of carbonyl (C=O) groups is 1. The molecular weight excluding hydrogens is 320 g/mol. The Labute approximate surface area is 147 Å². The van der Waals surface area contributed by atoms with Crippen molar-refractivity contribution in [2.24, 2.45) is 0 Å². The Hall–Kier alpha value is -2.31. The first-order chi connectivity index (χ1) is 12.1. The smallest absolute Gasteiger partial charge is 0.322 e. The van der Waals surface area contributed by atoms with Crippen molar-refractivity contribution in [2.75, 3.05) is 18.4 Å². The first kappa shape index (κ1) is 17.5. The molecule has 1 aliphatic rings. The van der Waals surface area contributed by atoms with Crippen molar-refractivity contribution < 1.29 is 18.7 Å². The average Bonchev–Trinajstić information content (AvgIpc) is 3.04. The van der Waals surface area contributed by atoms with Crippen LogP contribution in [-0.2, 0) is 22.7 Å². The molecule has 0 radical (unpaired) electrons. The van der Waals surface area contributed by atoms with Crippen LogP contribution in [-0.4, -0.2) is 36.2 Å². The molecule has 0 unspecified atom stereocenters. The van der Waals surface area contributed by atoms with Gasteiger partial charge in [-0.3, -0.25) is 0 Å². The molecule has 0 aliphatic carbocycles. The summed E-state index contributed by atoms with van der Waals surface area (Å²) in [6.45, 7) is 6.16. The second-order valence-electron chi connectivity index (χ2n) is 6.41. The highest BCUT2D eigenvalue weighted by Crippen LogP contribution is 2.17. The van der Waals surface area contributed by atoms with Gasteiger partial charge in [0.15, 0.2) is 0 Å². The third-order valence-corrected chi connectivity index (χ3v) is 3.87. The van der Waals surface area contributed by atoms with Crippen LogP contribution in [0, 0.1) is 0 Å². The molecule has 3 rings (SSSR count). The molecule has 2 aromatic rings. The molecule has 6 heteroatoms. The summed E-state index contributed by atoms with van der Waals surface area (Å²) < 4.78 is 16.5. The molecule has 0 bridgehead atoms. The zero-order valence-electron chi connectivity index (χ0n) is 14.6. The van der Waals surface area contributed by atoms with Crippen LogP contribution in [0.15, 0.2) is 47.1 Å². The number of furan rings is 1. The lowest BCUT2D eigenvalue weighted by atomic mass is 10.1. The number of anilines is 1. The van der Waals surface area contributed by atoms with Gasteiger partial charge in [0, 0.05) is 5.69 Å². The van der Waals surface area contributed by atoms with E-state index in [9.17, 15) is 4.79 Å². The molecule has 1 aromatic carbocycles. The SMILES string of the molecule is CC(C)OC1CN(C(=O)Nc2cccc(COCc3ccco3)c2)C1. The van der Waals surface area contributed by atoms with Crippen molar-refractivity contribution in [1.29, 1.82) is 0 Å². The van der Waals surface area contributed by atoms with E-state index in [1.165, 1.54) is 0 Å². The minimum atomic E-state index is -0.0998. The lowest BCUT2D eigenvalue weighted by molar-refractivity contribution is -0.0624. The molecule has 1 saturated heterocycles. The average molecular weight is 344 g/mol. The number of likely N-dealkylation sites (tertiary alicyclic amines) is 1. The summed E-state index contributed by atoms with van der Waals surface area (Å²) >= 11 is 0. The van der Waals surface area contributed by atoms with Crippen LogP contribution >= 0.6 is 0 Å². The van der Waals surface area contributed by atoms with Crippen LogP contribution < -0.4 is 5.32 Å². The summed E-state index contributed by atoms with van der Waals surface area (Å²) in [7, 11) is 0. The van der Waals surface area contributed by atoms with Crippen molar-refractivity contribution in [3.05, 3.63) is 54.0 Å². The van der Waals surface area contributed by atoms with Crippen molar-refractivity contribution in [3.63, 3.8) is 0 Å². The summed E-state index contributed by atoms with van der Waals surface area (Å²) in [6.07, 6.45) is 1.96. The summed E-state index contributed by atoms with van der Waals surface area (Å²) in [6, 6.07) is 11.3. The minimum Gasteiger partial charge on any atom is -0.467 e. The molecule has 0 atom stereocenters. The molecule has 1 aliphatic heterocycles. The number of hydrogen-bond acceptors (Lipinski definition) is 4. The van der Waals surface area contributed by atoms with Crippen molar-refractivity contribution in [2.45, 2.75) is 39.3 Å². The lowest BCUT2D eigenvalue weighted by Crippen LogP contribution is -2.56. The molecule has 2 amide bonds. The molecule has 1 fully saturated rings. The Kier molecular flexibility index (Phi) is 5.73. The predicted octanol–water partition coefficient (Wildman–Crippen LogP) is 3.64. The molecule has 0 saturated carbocycles. The maximum absolute atomic E-state index is 12.2. The summed E-state index contributed by atoms with van der Waals surface area (Å²) in [5, 5.41) is 2.92. The van der Waals surface area contributed by atoms with E-state index >= 15 is 0 Å². The van der Waals surface area contributed by atoms with Gasteiger partial charge in [0.25, 0.3) is 0 Å². The van der Waals surface area contributed by atoms with Gasteiger partial charge in [-0.05, 0) is 43.7 Å². The Morgan fingerprint density at radius 2 is 2.12 bits per heavy atom. The number of urea groups is 1. The van der Waals surface area contributed by atoms with Gasteiger partial charge < -0.3 is 24.1 Å². The molecular formula is C19H24N2O4. The first-order valence-electron chi connectivity index (χ1n) is 8.50. The first-order valence-corrected chi connectivity index (χ1v) is 8.50. The van der Waals surface area contributed by atoms with E-state index in [1.54, 1.807) is 11.2 Å². The predicted molar refractivity (Wildman–Crippen MR) is 94.2 cm³/mol. The maximum atomic E-state index is 12.2. The highest BCUT2D eigenvalue weighted by Gasteiger charge is 2.31. The number of carbonyl (C=O) groups excluding carboxylic acids is 1. The van der Waals surface area contributed by atoms with E-state index in [4.69, 9.17) is 13.9 Å². The fraction of sp³-hybridized carbons (Fsp3) is 0.421. The highest BCUT2D eigenvalue weighted by atomic mass is 16.5. The Bertz CT molecular complexity index is 678. The van der Waals surface area contributed by atoms with Gasteiger partial charge in [-0.25, -0.2) is 4.79 Å². The molecule has 1 N–H and O–H groups in total. The van der Waals surface area contributed by atoms with Crippen molar-refractivity contribution in [3.8, 4) is 0 Å². The summed E-state index contributed by atoms with van der Waals surface area (Å²) in [4.78, 5) is 14.0. The zero-order valence-corrected chi connectivity index (χ0v) is 14.6. The number of hydrogen-bond donors (Lipinski definition) is 1. The molecule has 0 spiro atoms. The quantitative estimate of drug-likeness (QED) is 0.833. The molecule has 2 heterocycles. The summed E-state index contributed by atoms with van der Waals surface area (Å²) in [5.74, 6) is 0.792. The fourth-order valence-electron chi connectivity index (χ4n) is 2.68. The van der Waals surface area contributed by atoms with Crippen LogP contribution in [0.4, 0.5) is 10.5 Å². The number of amides is 2. The van der Waals surface area contributed by atoms with E-state index in [0.717, 1.165) is 17.0 Å². The maximum Gasteiger partial charge on any atom is 0.322 e. The fourth-order valence-corrected chi connectivity index (χ4v) is 2.68. The van der Waals surface area contributed by atoms with Crippen LogP contribution in [0.5, 0.6) is 0 Å². The number of benzene rings is 1. The normalized spacial score (nSPS) is 14.6. The van der Waals surface area contributed by atoms with E-state index in [1.807, 2.05) is 50.2 Å². The number of rotatable bonds is 7. The Morgan fingerprint density at radius 1 is 1.28 bits per heavy atom. The highest BCUT2D eigenvalue weighted by molar-refractivity contribution is 5.90. The van der Waals surface area contributed by atoms with E-state index < -0.39 is 0 Å². The Morgan fingerprint density at radius 3 is 2.84 bits per heavy atom. The molecule has 1 aromatic heterocycles. The van der Waals surface area contributed by atoms with Crippen LogP contribution in [0.2, 0.25) is 0 Å². The second kappa shape index (κ2) is 8.18. The topological polar surface area (TPSA) is 63.9 Å². The summed E-state index contributed by atoms with van der Waals surface area (Å²) in [5.41, 5.74) is 1.76. The van der Waals surface area contributed by atoms with Crippen LogP contribution in [0.25, 0.3) is 0 Å². The third-order valence-electron chi connectivity index (χ3n) is 3.87. The van der Waals surface area contributed by atoms with Crippen LogP contribution in [0.3, 0.4) is 0 Å². The lowest BCUT2D eigenvalue weighted by Gasteiger charge is -2.39. The van der Waals surface area contributed by atoms with Gasteiger partial charge in [0.05, 0.1) is 38.2 Å². The third kappa shape index (κ3) is 5.08. The van der Waals surface area contributed by atoms with Gasteiger partial charge in [-0.15, -0.1) is 0 Å². The van der Waals surface area contributed by atoms with Gasteiger partial charge in [0.1, 0.15) is 12.4 Å². The van der Waals surface area contributed by atoms with Gasteiger partial charge in [0.2, 0.25) is 0 Å². The standard InChI is InChI=1S/C19H24N2O4/c1-14(2)25-18-10-21(11-18)19(22)20-16-6-3-5-15(9-16)12-23-13-17-7-4-8-24-17/h3-9,14,18H,10-13H2,1-2H3,(H,20,22). The number of nitrogens with zero attached hydrogens (tertiary/aromatic N) is 1. The molecule has 25 heavy (non-hydrogen) atoms. The molecule has 6 nitrogen and oxygen atoms in total. The zero-order chi connectivity index (χ0) is 17.6. The van der Waals surface area contributed by atoms with E-state index in [-0.39, 0.29) is 18.2 Å². The van der Waals surface area contributed by atoms with Crippen molar-refractivity contribution >= 4 is 11.7 Å². The Balaban J connectivity index is 1.44. The minimum absolute atomic E-state index is 0.0998. The van der Waals surface area contributed by atoms with Crippen LogP contribution in [0.1, 0.15) is 25.2 Å². The second-order valence-corrected chi connectivity index (χ2v) is 6.41. The number of ether oxygens (including phenoxy) is 2. The van der Waals surface area contributed by atoms with Gasteiger partial charge in [-0.1, -0.05) is 12.1 Å². The number of nitrogens with one attached hydrogen (secondary N) is 1.